The van der Waals surface area contributed by atoms with E-state index in [1.54, 1.807) is 18.0 Å². The van der Waals surface area contributed by atoms with E-state index in [-0.39, 0.29) is 47.7 Å². The van der Waals surface area contributed by atoms with Crippen molar-refractivity contribution in [2.75, 3.05) is 36.4 Å². The van der Waals surface area contributed by atoms with E-state index in [4.69, 9.17) is 5.73 Å². The van der Waals surface area contributed by atoms with Crippen LogP contribution in [0.25, 0.3) is 0 Å². The molecule has 2 amide bonds. The number of pyridine rings is 3. The second kappa shape index (κ2) is 11.4. The Bertz CT molecular complexity index is 1340. The molecule has 38 heavy (non-hydrogen) atoms. The third-order valence-electron chi connectivity index (χ3n) is 6.50. The smallest absolute Gasteiger partial charge is 0.272 e. The molecule has 0 bridgehead atoms. The number of amides is 2. The monoisotopic (exact) mass is 519 g/mol. The highest BCUT2D eigenvalue weighted by Crippen LogP contribution is 2.28. The van der Waals surface area contributed by atoms with E-state index in [1.807, 2.05) is 12.1 Å². The molecule has 0 aromatic carbocycles. The van der Waals surface area contributed by atoms with Gasteiger partial charge in [0.1, 0.15) is 11.4 Å². The number of nitrogens with two attached hydrogens (primary N) is 1. The van der Waals surface area contributed by atoms with Gasteiger partial charge < -0.3 is 31.1 Å². The first kappa shape index (κ1) is 26.8. The van der Waals surface area contributed by atoms with Crippen molar-refractivity contribution in [2.45, 2.75) is 39.8 Å². The lowest BCUT2D eigenvalue weighted by molar-refractivity contribution is 0.0739. The first-order chi connectivity index (χ1) is 18.2. The molecule has 4 heterocycles. The second-order valence-corrected chi connectivity index (χ2v) is 9.54. The van der Waals surface area contributed by atoms with E-state index in [0.29, 0.717) is 43.0 Å². The Morgan fingerprint density at radius 3 is 2.53 bits per heavy atom. The Morgan fingerprint density at radius 2 is 1.87 bits per heavy atom. The number of nitrogens with zero attached hydrogens (tertiary/aromatic N) is 5. The van der Waals surface area contributed by atoms with E-state index < -0.39 is 5.91 Å². The molecule has 1 aliphatic rings. The summed E-state index contributed by atoms with van der Waals surface area (Å²) in [5.74, 6) is -0.202. The lowest BCUT2D eigenvalue weighted by Gasteiger charge is -2.36. The Morgan fingerprint density at radius 1 is 1.13 bits per heavy atom. The molecule has 4 rings (SSSR count). The number of rotatable bonds is 8. The lowest BCUT2D eigenvalue weighted by Crippen LogP contribution is -2.49. The highest BCUT2D eigenvalue weighted by molar-refractivity contribution is 5.96. The van der Waals surface area contributed by atoms with Gasteiger partial charge in [-0.05, 0) is 45.0 Å². The van der Waals surface area contributed by atoms with Gasteiger partial charge in [-0.1, -0.05) is 0 Å². The van der Waals surface area contributed by atoms with E-state index in [2.05, 4.69) is 39.0 Å². The topological polar surface area (TPSA) is 158 Å². The highest BCUT2D eigenvalue weighted by atomic mass is 16.3. The van der Waals surface area contributed by atoms with Crippen LogP contribution in [-0.4, -0.2) is 74.1 Å². The van der Waals surface area contributed by atoms with Crippen molar-refractivity contribution in [3.05, 3.63) is 70.4 Å². The molecule has 0 radical (unpaired) electrons. The van der Waals surface area contributed by atoms with Gasteiger partial charge in [-0.25, -0.2) is 9.97 Å². The maximum atomic E-state index is 13.4. The molecule has 11 heteroatoms. The molecule has 0 aliphatic carbocycles. The Kier molecular flexibility index (Phi) is 8.06. The zero-order valence-corrected chi connectivity index (χ0v) is 21.8. The zero-order valence-electron chi connectivity index (χ0n) is 21.8. The number of nitrogens with one attached hydrogen (secondary N) is 1. The summed E-state index contributed by atoms with van der Waals surface area (Å²) in [7, 11) is 0. The van der Waals surface area contributed by atoms with Crippen LogP contribution in [0.3, 0.4) is 0 Å². The van der Waals surface area contributed by atoms with Gasteiger partial charge in [0.2, 0.25) is 0 Å². The average Bonchev–Trinajstić information content (AvgIpc) is 2.91. The fraction of sp³-hybridized carbons (Fsp3) is 0.370. The van der Waals surface area contributed by atoms with Crippen molar-refractivity contribution in [3.63, 3.8) is 0 Å². The minimum atomic E-state index is -0.697. The molecule has 0 unspecified atom stereocenters. The van der Waals surface area contributed by atoms with Gasteiger partial charge in [-0.3, -0.25) is 14.6 Å². The number of aliphatic hydroxyl groups is 1. The van der Waals surface area contributed by atoms with Crippen molar-refractivity contribution >= 4 is 23.3 Å². The van der Waals surface area contributed by atoms with Crippen LogP contribution in [0.4, 0.5) is 11.5 Å². The Hall–Kier alpha value is -4.25. The third kappa shape index (κ3) is 5.67. The predicted molar refractivity (Wildman–Crippen MR) is 143 cm³/mol. The van der Waals surface area contributed by atoms with Gasteiger partial charge in [0, 0.05) is 62.2 Å². The molecule has 0 spiro atoms. The summed E-state index contributed by atoms with van der Waals surface area (Å²) in [4.78, 5) is 42.5. The predicted octanol–water partition coefficient (Wildman–Crippen LogP) is 1.85. The summed E-state index contributed by atoms with van der Waals surface area (Å²) in [5, 5.41) is 23.7. The van der Waals surface area contributed by atoms with Crippen LogP contribution in [0, 0.1) is 6.92 Å². The van der Waals surface area contributed by atoms with Crippen molar-refractivity contribution in [3.8, 4) is 5.75 Å². The normalized spacial score (nSPS) is 13.6. The maximum absolute atomic E-state index is 13.4. The number of hydrogen-bond donors (Lipinski definition) is 4. The number of aryl methyl sites for hydroxylation is 1. The van der Waals surface area contributed by atoms with Crippen molar-refractivity contribution < 1.29 is 19.8 Å². The van der Waals surface area contributed by atoms with E-state index in [0.717, 1.165) is 11.5 Å². The molecule has 11 nitrogen and oxygen atoms in total. The number of carbonyl (C=O) groups excluding carboxylic acids is 2. The molecule has 1 saturated heterocycles. The number of carbonyl (C=O) groups is 2. The van der Waals surface area contributed by atoms with Crippen LogP contribution in [0.5, 0.6) is 5.75 Å². The van der Waals surface area contributed by atoms with Crippen LogP contribution in [0.15, 0.2) is 36.7 Å². The summed E-state index contributed by atoms with van der Waals surface area (Å²) in [5.41, 5.74) is 8.25. The Balaban J connectivity index is 1.55. The molecular weight excluding hydrogens is 486 g/mol. The van der Waals surface area contributed by atoms with Gasteiger partial charge in [0.15, 0.2) is 5.82 Å². The standard InChI is InChI=1S/C27H33N7O4/c1-16(2)31-21-5-4-8-29-26(21)33-9-11-34(12-10-33)27(38)22-7-6-19(25(28)37)23(32-22)13-20-18(15-35)14-30-17(3)24(20)36/h4-8,14,16,31,35-36H,9-13,15H2,1-3H3,(H2,28,37). The highest BCUT2D eigenvalue weighted by Gasteiger charge is 2.26. The van der Waals surface area contributed by atoms with Crippen LogP contribution >= 0.6 is 0 Å². The molecule has 1 fully saturated rings. The van der Waals surface area contributed by atoms with Crippen LogP contribution in [0.1, 0.15) is 57.2 Å². The molecule has 3 aromatic heterocycles. The maximum Gasteiger partial charge on any atom is 0.272 e. The number of primary amides is 1. The summed E-state index contributed by atoms with van der Waals surface area (Å²) in [6, 6.07) is 7.12. The van der Waals surface area contributed by atoms with Crippen molar-refractivity contribution in [2.24, 2.45) is 5.73 Å². The van der Waals surface area contributed by atoms with E-state index >= 15 is 0 Å². The summed E-state index contributed by atoms with van der Waals surface area (Å²) < 4.78 is 0. The number of hydrogen-bond acceptors (Lipinski definition) is 9. The molecule has 200 valence electrons. The van der Waals surface area contributed by atoms with Crippen LogP contribution in [0.2, 0.25) is 0 Å². The summed E-state index contributed by atoms with van der Waals surface area (Å²) in [6.45, 7) is 7.58. The number of aromatic nitrogens is 3. The SMILES string of the molecule is Cc1ncc(CO)c(Cc2nc(C(=O)N3CCN(c4ncccc4NC(C)C)CC3)ccc2C(N)=O)c1O. The van der Waals surface area contributed by atoms with Gasteiger partial charge >= 0.3 is 0 Å². The van der Waals surface area contributed by atoms with E-state index in [9.17, 15) is 19.8 Å². The molecular formula is C27H33N7O4. The first-order valence-electron chi connectivity index (χ1n) is 12.5. The van der Waals surface area contributed by atoms with E-state index in [1.165, 1.54) is 18.3 Å². The Labute approximate surface area is 221 Å². The summed E-state index contributed by atoms with van der Waals surface area (Å²) in [6.07, 6.45) is 3.23. The summed E-state index contributed by atoms with van der Waals surface area (Å²) >= 11 is 0. The molecule has 1 aliphatic heterocycles. The van der Waals surface area contributed by atoms with Gasteiger partial charge in [-0.15, -0.1) is 0 Å². The fourth-order valence-electron chi connectivity index (χ4n) is 4.52. The molecule has 5 N–H and O–H groups in total. The van der Waals surface area contributed by atoms with Crippen LogP contribution < -0.4 is 16.0 Å². The largest absolute Gasteiger partial charge is 0.506 e. The third-order valence-corrected chi connectivity index (χ3v) is 6.50. The van der Waals surface area contributed by atoms with Gasteiger partial charge in [-0.2, -0.15) is 0 Å². The first-order valence-corrected chi connectivity index (χ1v) is 12.5. The minimum Gasteiger partial charge on any atom is -0.506 e. The second-order valence-electron chi connectivity index (χ2n) is 9.54. The van der Waals surface area contributed by atoms with Gasteiger partial charge in [0.25, 0.3) is 11.8 Å². The number of aliphatic hydroxyl groups excluding tert-OH is 1. The van der Waals surface area contributed by atoms with Crippen LogP contribution in [-0.2, 0) is 13.0 Å². The number of piperazine rings is 1. The minimum absolute atomic E-state index is 0.00353. The average molecular weight is 520 g/mol. The zero-order chi connectivity index (χ0) is 27.4. The van der Waals surface area contributed by atoms with Crippen molar-refractivity contribution in [1.29, 1.82) is 0 Å². The fourth-order valence-corrected chi connectivity index (χ4v) is 4.52. The molecule has 0 saturated carbocycles. The molecule has 3 aromatic rings. The van der Waals surface area contributed by atoms with Crippen molar-refractivity contribution in [1.82, 2.24) is 19.9 Å². The molecule has 0 atom stereocenters. The lowest BCUT2D eigenvalue weighted by atomic mass is 9.99. The number of aromatic hydroxyl groups is 1. The van der Waals surface area contributed by atoms with Gasteiger partial charge in [0.05, 0.1) is 29.2 Å². The number of anilines is 2. The quantitative estimate of drug-likeness (QED) is 0.348.